The summed E-state index contributed by atoms with van der Waals surface area (Å²) in [5.41, 5.74) is 2.12. The molecule has 0 radical (unpaired) electrons. The molecular formula is C21H29Cl2IN6. The minimum absolute atomic E-state index is 0. The number of piperazine rings is 1. The van der Waals surface area contributed by atoms with E-state index in [1.165, 1.54) is 0 Å². The van der Waals surface area contributed by atoms with Crippen LogP contribution < -0.4 is 15.5 Å². The molecule has 1 fully saturated rings. The molecule has 30 heavy (non-hydrogen) atoms. The largest absolute Gasteiger partial charge is 0.354 e. The molecule has 0 amide bonds. The Kier molecular flexibility index (Phi) is 9.93. The van der Waals surface area contributed by atoms with Crippen LogP contribution in [0.1, 0.15) is 24.1 Å². The predicted molar refractivity (Wildman–Crippen MR) is 138 cm³/mol. The van der Waals surface area contributed by atoms with Crippen molar-refractivity contribution in [1.29, 1.82) is 0 Å². The van der Waals surface area contributed by atoms with Gasteiger partial charge in [-0.2, -0.15) is 0 Å². The summed E-state index contributed by atoms with van der Waals surface area (Å²) in [6.45, 7) is 6.75. The fourth-order valence-corrected chi connectivity index (χ4v) is 3.95. The Balaban J connectivity index is 0.00000320. The smallest absolute Gasteiger partial charge is 0.191 e. The molecule has 1 aromatic heterocycles. The summed E-state index contributed by atoms with van der Waals surface area (Å²) in [4.78, 5) is 13.7. The number of nitrogens with one attached hydrogen (secondary N) is 2. The molecular weight excluding hydrogens is 534 g/mol. The highest BCUT2D eigenvalue weighted by Gasteiger charge is 2.18. The number of likely N-dealkylation sites (N-methyl/N-ethyl adjacent to an activating group) is 1. The van der Waals surface area contributed by atoms with E-state index in [0.717, 1.165) is 43.1 Å². The van der Waals surface area contributed by atoms with E-state index in [1.807, 2.05) is 31.3 Å². The van der Waals surface area contributed by atoms with Gasteiger partial charge in [-0.05, 0) is 37.7 Å². The lowest BCUT2D eigenvalue weighted by Crippen LogP contribution is -2.45. The molecule has 6 nitrogen and oxygen atoms in total. The van der Waals surface area contributed by atoms with Crippen molar-refractivity contribution in [2.24, 2.45) is 4.99 Å². The fraction of sp³-hybridized carbons (Fsp3) is 0.429. The van der Waals surface area contributed by atoms with Gasteiger partial charge in [0.25, 0.3) is 0 Å². The Morgan fingerprint density at radius 1 is 1.20 bits per heavy atom. The molecule has 2 heterocycles. The maximum atomic E-state index is 6.34. The molecule has 2 aromatic rings. The molecule has 1 aliphatic rings. The van der Waals surface area contributed by atoms with Crippen molar-refractivity contribution in [2.45, 2.75) is 19.5 Å². The average molecular weight is 563 g/mol. The summed E-state index contributed by atoms with van der Waals surface area (Å²) >= 11 is 12.3. The van der Waals surface area contributed by atoms with Crippen LogP contribution >= 0.6 is 47.2 Å². The number of guanidine groups is 1. The minimum atomic E-state index is -0.0167. The second-order valence-electron chi connectivity index (χ2n) is 7.23. The zero-order valence-electron chi connectivity index (χ0n) is 17.5. The van der Waals surface area contributed by atoms with Crippen molar-refractivity contribution < 1.29 is 0 Å². The van der Waals surface area contributed by atoms with Crippen molar-refractivity contribution >= 4 is 59.0 Å². The topological polar surface area (TPSA) is 55.8 Å². The van der Waals surface area contributed by atoms with E-state index >= 15 is 0 Å². The second-order valence-corrected chi connectivity index (χ2v) is 8.08. The van der Waals surface area contributed by atoms with Crippen LogP contribution in [0.25, 0.3) is 0 Å². The van der Waals surface area contributed by atoms with Crippen LogP contribution in [-0.2, 0) is 6.54 Å². The van der Waals surface area contributed by atoms with Crippen LogP contribution in [0.4, 0.5) is 5.82 Å². The summed E-state index contributed by atoms with van der Waals surface area (Å²) in [5, 5.41) is 8.05. The lowest BCUT2D eigenvalue weighted by Gasteiger charge is -2.34. The Hall–Kier alpha value is -1.29. The SMILES string of the molecule is CN=C(NCc1cccnc1N1CCN(C)CC1)NC(C)c1ccc(Cl)cc1Cl.I. The third kappa shape index (κ3) is 6.60. The lowest BCUT2D eigenvalue weighted by atomic mass is 10.1. The predicted octanol–water partition coefficient (Wildman–Crippen LogP) is 4.18. The number of halogens is 3. The molecule has 9 heteroatoms. The third-order valence-corrected chi connectivity index (χ3v) is 5.68. The molecule has 2 N–H and O–H groups in total. The van der Waals surface area contributed by atoms with Crippen LogP contribution in [0.15, 0.2) is 41.5 Å². The van der Waals surface area contributed by atoms with Gasteiger partial charge in [0.05, 0.1) is 6.04 Å². The first kappa shape index (κ1) is 25.0. The monoisotopic (exact) mass is 562 g/mol. The molecule has 1 saturated heterocycles. The summed E-state index contributed by atoms with van der Waals surface area (Å²) in [5.74, 6) is 1.74. The number of anilines is 1. The van der Waals surface area contributed by atoms with Crippen LogP contribution in [0.2, 0.25) is 10.0 Å². The zero-order chi connectivity index (χ0) is 20.8. The third-order valence-electron chi connectivity index (χ3n) is 5.12. The van der Waals surface area contributed by atoms with Gasteiger partial charge in [0.2, 0.25) is 0 Å². The normalized spacial score (nSPS) is 16.0. The Bertz CT molecular complexity index is 855. The molecule has 1 atom stereocenters. The average Bonchev–Trinajstić information content (AvgIpc) is 2.71. The maximum absolute atomic E-state index is 6.34. The second kappa shape index (κ2) is 11.9. The zero-order valence-corrected chi connectivity index (χ0v) is 21.4. The van der Waals surface area contributed by atoms with Crippen molar-refractivity contribution in [3.05, 3.63) is 57.7 Å². The number of hydrogen-bond donors (Lipinski definition) is 2. The van der Waals surface area contributed by atoms with E-state index in [1.54, 1.807) is 13.1 Å². The van der Waals surface area contributed by atoms with E-state index in [-0.39, 0.29) is 30.0 Å². The van der Waals surface area contributed by atoms with Crippen LogP contribution in [0.3, 0.4) is 0 Å². The van der Waals surface area contributed by atoms with Gasteiger partial charge >= 0.3 is 0 Å². The number of aliphatic imine (C=N–C) groups is 1. The van der Waals surface area contributed by atoms with E-state index in [2.05, 4.69) is 43.5 Å². The molecule has 164 valence electrons. The lowest BCUT2D eigenvalue weighted by molar-refractivity contribution is 0.312. The summed E-state index contributed by atoms with van der Waals surface area (Å²) < 4.78 is 0. The Morgan fingerprint density at radius 2 is 1.93 bits per heavy atom. The number of pyridine rings is 1. The van der Waals surface area contributed by atoms with E-state index in [0.29, 0.717) is 22.5 Å². The molecule has 1 aliphatic heterocycles. The van der Waals surface area contributed by atoms with Crippen LogP contribution in [0, 0.1) is 0 Å². The molecule has 3 rings (SSSR count). The fourth-order valence-electron chi connectivity index (χ4n) is 3.38. The van der Waals surface area contributed by atoms with E-state index in [4.69, 9.17) is 23.2 Å². The van der Waals surface area contributed by atoms with Crippen molar-refractivity contribution in [1.82, 2.24) is 20.5 Å². The van der Waals surface area contributed by atoms with Crippen molar-refractivity contribution in [3.63, 3.8) is 0 Å². The highest BCUT2D eigenvalue weighted by atomic mass is 127. The van der Waals surface area contributed by atoms with Gasteiger partial charge in [-0.1, -0.05) is 35.3 Å². The molecule has 0 spiro atoms. The number of rotatable bonds is 5. The maximum Gasteiger partial charge on any atom is 0.191 e. The summed E-state index contributed by atoms with van der Waals surface area (Å²) in [6.07, 6.45) is 1.86. The highest BCUT2D eigenvalue weighted by Crippen LogP contribution is 2.26. The van der Waals surface area contributed by atoms with Gasteiger partial charge in [-0.25, -0.2) is 4.98 Å². The van der Waals surface area contributed by atoms with Gasteiger partial charge in [0.15, 0.2) is 5.96 Å². The number of benzene rings is 1. The molecule has 1 unspecified atom stereocenters. The van der Waals surface area contributed by atoms with Crippen molar-refractivity contribution in [3.8, 4) is 0 Å². The Morgan fingerprint density at radius 3 is 2.60 bits per heavy atom. The molecule has 0 bridgehead atoms. The molecule has 0 aliphatic carbocycles. The quantitative estimate of drug-likeness (QED) is 0.325. The number of hydrogen-bond acceptors (Lipinski definition) is 4. The van der Waals surface area contributed by atoms with E-state index < -0.39 is 0 Å². The van der Waals surface area contributed by atoms with Crippen LogP contribution in [0.5, 0.6) is 0 Å². The van der Waals surface area contributed by atoms with Gasteiger partial charge in [-0.3, -0.25) is 4.99 Å². The Labute approximate surface area is 206 Å². The first-order valence-corrected chi connectivity index (χ1v) is 10.5. The highest BCUT2D eigenvalue weighted by molar-refractivity contribution is 14.0. The van der Waals surface area contributed by atoms with Crippen molar-refractivity contribution in [2.75, 3.05) is 45.2 Å². The summed E-state index contributed by atoms with van der Waals surface area (Å²) in [6, 6.07) is 9.60. The molecule has 1 aromatic carbocycles. The number of nitrogens with zero attached hydrogens (tertiary/aromatic N) is 4. The number of aromatic nitrogens is 1. The first-order valence-electron chi connectivity index (χ1n) is 9.77. The van der Waals surface area contributed by atoms with Gasteiger partial charge in [-0.15, -0.1) is 24.0 Å². The molecule has 0 saturated carbocycles. The standard InChI is InChI=1S/C21H28Cl2N6.HI/c1-15(18-7-6-17(22)13-19(18)23)27-21(24-2)26-14-16-5-4-8-25-20(16)29-11-9-28(3)10-12-29;/h4-8,13,15H,9-12,14H2,1-3H3,(H2,24,26,27);1H. The van der Waals surface area contributed by atoms with Gasteiger partial charge in [0.1, 0.15) is 5.82 Å². The minimum Gasteiger partial charge on any atom is -0.354 e. The van der Waals surface area contributed by atoms with Gasteiger partial charge in [0, 0.05) is 61.6 Å². The van der Waals surface area contributed by atoms with Crippen LogP contribution in [-0.4, -0.2) is 56.1 Å². The first-order chi connectivity index (χ1) is 14.0. The van der Waals surface area contributed by atoms with E-state index in [9.17, 15) is 0 Å². The summed E-state index contributed by atoms with van der Waals surface area (Å²) in [7, 11) is 3.91. The van der Waals surface area contributed by atoms with Gasteiger partial charge < -0.3 is 20.4 Å².